The molecule has 1 atom stereocenters. The van der Waals surface area contributed by atoms with Crippen LogP contribution in [0.4, 0.5) is 5.69 Å². The van der Waals surface area contributed by atoms with E-state index in [-0.39, 0.29) is 6.10 Å². The van der Waals surface area contributed by atoms with Gasteiger partial charge in [-0.2, -0.15) is 0 Å². The van der Waals surface area contributed by atoms with Crippen molar-refractivity contribution >= 4 is 17.4 Å². The maximum absolute atomic E-state index is 5.89. The number of ether oxygens (including phenoxy) is 1. The molecule has 0 saturated heterocycles. The summed E-state index contributed by atoms with van der Waals surface area (Å²) < 4.78 is 5.89. The van der Waals surface area contributed by atoms with Crippen LogP contribution in [0.15, 0.2) is 53.4 Å². The summed E-state index contributed by atoms with van der Waals surface area (Å²) in [4.78, 5) is 1.24. The minimum Gasteiger partial charge on any atom is -0.486 e. The molecule has 2 aromatic rings. The van der Waals surface area contributed by atoms with Gasteiger partial charge in [-0.25, -0.2) is 0 Å². The fourth-order valence-electron chi connectivity index (χ4n) is 1.74. The zero-order valence-electron chi connectivity index (χ0n) is 10.6. The molecule has 18 heavy (non-hydrogen) atoms. The first kappa shape index (κ1) is 12.8. The van der Waals surface area contributed by atoms with E-state index in [1.54, 1.807) is 11.8 Å². The summed E-state index contributed by atoms with van der Waals surface area (Å²) in [6, 6.07) is 15.9. The standard InChI is InChI=1S/C15H17NOS/c1-11(12-4-3-5-13(16)10-12)17-14-6-8-15(18-2)9-7-14/h3-11H,16H2,1-2H3. The van der Waals surface area contributed by atoms with Crippen LogP contribution in [0.2, 0.25) is 0 Å². The van der Waals surface area contributed by atoms with Crippen molar-refractivity contribution in [3.8, 4) is 5.75 Å². The topological polar surface area (TPSA) is 35.2 Å². The number of thioether (sulfide) groups is 1. The molecular weight excluding hydrogens is 242 g/mol. The summed E-state index contributed by atoms with van der Waals surface area (Å²) in [5.74, 6) is 0.878. The Kier molecular flexibility index (Phi) is 4.15. The van der Waals surface area contributed by atoms with E-state index >= 15 is 0 Å². The zero-order valence-corrected chi connectivity index (χ0v) is 11.4. The molecule has 0 saturated carbocycles. The fraction of sp³-hybridized carbons (Fsp3) is 0.200. The highest BCUT2D eigenvalue weighted by atomic mass is 32.2. The van der Waals surface area contributed by atoms with Crippen LogP contribution in [0.3, 0.4) is 0 Å². The second kappa shape index (κ2) is 5.83. The average molecular weight is 259 g/mol. The van der Waals surface area contributed by atoms with E-state index in [0.29, 0.717) is 0 Å². The number of nitrogens with two attached hydrogens (primary N) is 1. The highest BCUT2D eigenvalue weighted by Crippen LogP contribution is 2.25. The van der Waals surface area contributed by atoms with Crippen LogP contribution in [-0.4, -0.2) is 6.26 Å². The lowest BCUT2D eigenvalue weighted by molar-refractivity contribution is 0.227. The van der Waals surface area contributed by atoms with Crippen LogP contribution in [0, 0.1) is 0 Å². The third-order valence-electron chi connectivity index (χ3n) is 2.75. The third-order valence-corrected chi connectivity index (χ3v) is 3.50. The molecule has 2 N–H and O–H groups in total. The maximum Gasteiger partial charge on any atom is 0.121 e. The van der Waals surface area contributed by atoms with E-state index in [1.807, 2.05) is 43.3 Å². The van der Waals surface area contributed by atoms with E-state index in [0.717, 1.165) is 17.0 Å². The molecule has 0 spiro atoms. The quantitative estimate of drug-likeness (QED) is 0.662. The first-order valence-corrected chi connectivity index (χ1v) is 7.07. The number of benzene rings is 2. The van der Waals surface area contributed by atoms with E-state index in [4.69, 9.17) is 10.5 Å². The Labute approximate surface area is 112 Å². The van der Waals surface area contributed by atoms with Crippen molar-refractivity contribution in [3.05, 3.63) is 54.1 Å². The van der Waals surface area contributed by atoms with E-state index in [9.17, 15) is 0 Å². The van der Waals surface area contributed by atoms with Crippen molar-refractivity contribution in [2.75, 3.05) is 12.0 Å². The van der Waals surface area contributed by atoms with Crippen LogP contribution in [0.1, 0.15) is 18.6 Å². The Bertz CT molecular complexity index is 510. The van der Waals surface area contributed by atoms with Gasteiger partial charge in [-0.05, 0) is 55.1 Å². The Morgan fingerprint density at radius 1 is 1.11 bits per heavy atom. The molecule has 1 unspecified atom stereocenters. The van der Waals surface area contributed by atoms with Gasteiger partial charge < -0.3 is 10.5 Å². The molecule has 0 bridgehead atoms. The molecule has 2 nitrogen and oxygen atoms in total. The highest BCUT2D eigenvalue weighted by Gasteiger charge is 2.07. The van der Waals surface area contributed by atoms with Gasteiger partial charge in [-0.3, -0.25) is 0 Å². The van der Waals surface area contributed by atoms with Crippen molar-refractivity contribution < 1.29 is 4.74 Å². The van der Waals surface area contributed by atoms with Gasteiger partial charge in [0.2, 0.25) is 0 Å². The van der Waals surface area contributed by atoms with E-state index in [2.05, 4.69) is 18.4 Å². The Hall–Kier alpha value is -1.61. The molecule has 2 rings (SSSR count). The molecule has 0 amide bonds. The van der Waals surface area contributed by atoms with Gasteiger partial charge in [-0.1, -0.05) is 12.1 Å². The van der Waals surface area contributed by atoms with Crippen LogP contribution in [0.25, 0.3) is 0 Å². The summed E-state index contributed by atoms with van der Waals surface area (Å²) in [6.07, 6.45) is 2.05. The lowest BCUT2D eigenvalue weighted by Crippen LogP contribution is -2.03. The number of hydrogen-bond acceptors (Lipinski definition) is 3. The van der Waals surface area contributed by atoms with Crippen LogP contribution in [-0.2, 0) is 0 Å². The smallest absolute Gasteiger partial charge is 0.121 e. The van der Waals surface area contributed by atoms with E-state index < -0.39 is 0 Å². The second-order valence-electron chi connectivity index (χ2n) is 4.11. The van der Waals surface area contributed by atoms with Crippen LogP contribution < -0.4 is 10.5 Å². The number of anilines is 1. The molecule has 0 aromatic heterocycles. The summed E-state index contributed by atoms with van der Waals surface area (Å²) >= 11 is 1.72. The first-order chi connectivity index (χ1) is 8.69. The van der Waals surface area contributed by atoms with Gasteiger partial charge >= 0.3 is 0 Å². The average Bonchev–Trinajstić information content (AvgIpc) is 2.39. The zero-order chi connectivity index (χ0) is 13.0. The van der Waals surface area contributed by atoms with Crippen molar-refractivity contribution in [2.24, 2.45) is 0 Å². The third kappa shape index (κ3) is 3.20. The molecular formula is C15H17NOS. The molecule has 2 aromatic carbocycles. The predicted molar refractivity (Wildman–Crippen MR) is 78.1 cm³/mol. The predicted octanol–water partition coefficient (Wildman–Crippen LogP) is 4.13. The fourth-order valence-corrected chi connectivity index (χ4v) is 2.15. The minimum atomic E-state index is -0.00590. The van der Waals surface area contributed by atoms with Crippen molar-refractivity contribution in [3.63, 3.8) is 0 Å². The molecule has 0 aliphatic heterocycles. The summed E-state index contributed by atoms with van der Waals surface area (Å²) in [5, 5.41) is 0. The molecule has 0 aliphatic carbocycles. The van der Waals surface area contributed by atoms with Crippen LogP contribution in [0.5, 0.6) is 5.75 Å². The summed E-state index contributed by atoms with van der Waals surface area (Å²) in [7, 11) is 0. The second-order valence-corrected chi connectivity index (χ2v) is 4.99. The van der Waals surface area contributed by atoms with Gasteiger partial charge in [0.05, 0.1) is 0 Å². The Morgan fingerprint density at radius 3 is 2.44 bits per heavy atom. The largest absolute Gasteiger partial charge is 0.486 e. The summed E-state index contributed by atoms with van der Waals surface area (Å²) in [6.45, 7) is 2.03. The maximum atomic E-state index is 5.89. The minimum absolute atomic E-state index is 0.00590. The van der Waals surface area contributed by atoms with Gasteiger partial charge in [0, 0.05) is 10.6 Å². The summed E-state index contributed by atoms with van der Waals surface area (Å²) in [5.41, 5.74) is 7.62. The molecule has 94 valence electrons. The lowest BCUT2D eigenvalue weighted by atomic mass is 10.1. The van der Waals surface area contributed by atoms with Crippen LogP contribution >= 0.6 is 11.8 Å². The molecule has 0 heterocycles. The highest BCUT2D eigenvalue weighted by molar-refractivity contribution is 7.98. The normalized spacial score (nSPS) is 12.1. The van der Waals surface area contributed by atoms with Gasteiger partial charge in [0.15, 0.2) is 0 Å². The van der Waals surface area contributed by atoms with E-state index in [1.165, 1.54) is 4.90 Å². The molecule has 3 heteroatoms. The monoisotopic (exact) mass is 259 g/mol. The molecule has 0 radical (unpaired) electrons. The van der Waals surface area contributed by atoms with Gasteiger partial charge in [0.1, 0.15) is 11.9 Å². The van der Waals surface area contributed by atoms with Gasteiger partial charge in [-0.15, -0.1) is 11.8 Å². The van der Waals surface area contributed by atoms with Crippen molar-refractivity contribution in [1.82, 2.24) is 0 Å². The molecule has 0 fully saturated rings. The Balaban J connectivity index is 2.08. The van der Waals surface area contributed by atoms with Gasteiger partial charge in [0.25, 0.3) is 0 Å². The SMILES string of the molecule is CSc1ccc(OC(C)c2cccc(N)c2)cc1. The number of hydrogen-bond donors (Lipinski definition) is 1. The number of rotatable bonds is 4. The first-order valence-electron chi connectivity index (χ1n) is 5.85. The van der Waals surface area contributed by atoms with Crippen molar-refractivity contribution in [2.45, 2.75) is 17.9 Å². The number of nitrogen functional groups attached to an aromatic ring is 1. The van der Waals surface area contributed by atoms with Crippen molar-refractivity contribution in [1.29, 1.82) is 0 Å². The lowest BCUT2D eigenvalue weighted by Gasteiger charge is -2.15. The Morgan fingerprint density at radius 2 is 1.83 bits per heavy atom. The molecule has 0 aliphatic rings.